The molecule has 140 valence electrons. The van der Waals surface area contributed by atoms with Gasteiger partial charge in [0.05, 0.1) is 12.2 Å². The third kappa shape index (κ3) is 5.55. The van der Waals surface area contributed by atoms with Crippen LogP contribution in [-0.2, 0) is 27.7 Å². The van der Waals surface area contributed by atoms with E-state index in [4.69, 9.17) is 9.26 Å². The van der Waals surface area contributed by atoms with Crippen LogP contribution in [0.5, 0.6) is 0 Å². The van der Waals surface area contributed by atoms with Gasteiger partial charge in [0.2, 0.25) is 11.7 Å². The maximum absolute atomic E-state index is 12.1. The fraction of sp³-hybridized carbons (Fsp3) is 0.263. The van der Waals surface area contributed by atoms with Crippen LogP contribution < -0.4 is 0 Å². The number of aromatic nitrogens is 3. The Morgan fingerprint density at radius 2 is 2.15 bits per heavy atom. The first-order chi connectivity index (χ1) is 13.1. The number of pyridine rings is 1. The zero-order valence-corrected chi connectivity index (χ0v) is 15.6. The number of rotatable bonds is 8. The predicted octanol–water partition coefficient (Wildman–Crippen LogP) is 2.80. The molecule has 2 heterocycles. The molecular formula is C19H19N3O4S. The molecule has 0 saturated heterocycles. The second-order valence-electron chi connectivity index (χ2n) is 5.91. The first kappa shape index (κ1) is 18.9. The summed E-state index contributed by atoms with van der Waals surface area (Å²) in [5, 5.41) is 3.92. The van der Waals surface area contributed by atoms with Crippen molar-refractivity contribution >= 4 is 16.8 Å². The lowest BCUT2D eigenvalue weighted by Crippen LogP contribution is -2.08. The molecule has 1 unspecified atom stereocenters. The van der Waals surface area contributed by atoms with E-state index in [1.165, 1.54) is 0 Å². The summed E-state index contributed by atoms with van der Waals surface area (Å²) in [5.74, 6) is 0.982. The first-order valence-corrected chi connectivity index (χ1v) is 10.1. The normalized spacial score (nSPS) is 11.9. The van der Waals surface area contributed by atoms with Crippen LogP contribution in [0.1, 0.15) is 28.2 Å². The molecule has 8 heteroatoms. The van der Waals surface area contributed by atoms with Gasteiger partial charge in [0.25, 0.3) is 0 Å². The average molecular weight is 385 g/mol. The van der Waals surface area contributed by atoms with E-state index in [1.54, 1.807) is 42.9 Å². The van der Waals surface area contributed by atoms with E-state index in [0.717, 1.165) is 11.1 Å². The Labute approximate surface area is 159 Å². The SMILES string of the molecule is CS(=O)Cc1cccc(C(=O)OCCCc2nc(-c3cccnc3)no2)c1. The molecule has 3 rings (SSSR count). The summed E-state index contributed by atoms with van der Waals surface area (Å²) in [6, 6.07) is 10.7. The van der Waals surface area contributed by atoms with E-state index in [9.17, 15) is 9.00 Å². The minimum atomic E-state index is -0.957. The Hall–Kier alpha value is -2.87. The van der Waals surface area contributed by atoms with Crippen molar-refractivity contribution in [3.63, 3.8) is 0 Å². The van der Waals surface area contributed by atoms with Gasteiger partial charge in [-0.3, -0.25) is 9.19 Å². The molecule has 0 radical (unpaired) electrons. The summed E-state index contributed by atoms with van der Waals surface area (Å²) in [6.07, 6.45) is 6.05. The molecule has 0 amide bonds. The largest absolute Gasteiger partial charge is 0.462 e. The van der Waals surface area contributed by atoms with Crippen LogP contribution in [0.4, 0.5) is 0 Å². The predicted molar refractivity (Wildman–Crippen MR) is 100 cm³/mol. The molecule has 0 aliphatic heterocycles. The second-order valence-corrected chi connectivity index (χ2v) is 7.35. The van der Waals surface area contributed by atoms with Crippen molar-refractivity contribution in [3.8, 4) is 11.4 Å². The van der Waals surface area contributed by atoms with E-state index in [0.29, 0.717) is 35.9 Å². The van der Waals surface area contributed by atoms with Crippen LogP contribution in [0.2, 0.25) is 0 Å². The quantitative estimate of drug-likeness (QED) is 0.434. The molecule has 0 spiro atoms. The Bertz CT molecular complexity index is 927. The minimum absolute atomic E-state index is 0.243. The molecule has 1 aromatic carbocycles. The third-order valence-corrected chi connectivity index (χ3v) is 4.43. The highest BCUT2D eigenvalue weighted by atomic mass is 32.2. The Morgan fingerprint density at radius 1 is 1.26 bits per heavy atom. The number of esters is 1. The molecule has 0 aliphatic rings. The van der Waals surface area contributed by atoms with E-state index >= 15 is 0 Å². The van der Waals surface area contributed by atoms with Crippen molar-refractivity contribution in [2.24, 2.45) is 0 Å². The van der Waals surface area contributed by atoms with Gasteiger partial charge in [0.1, 0.15) is 0 Å². The van der Waals surface area contributed by atoms with Crippen LogP contribution in [0, 0.1) is 0 Å². The molecule has 0 bridgehead atoms. The lowest BCUT2D eigenvalue weighted by molar-refractivity contribution is 0.0498. The molecule has 0 aliphatic carbocycles. The van der Waals surface area contributed by atoms with E-state index < -0.39 is 16.8 Å². The number of carbonyl (C=O) groups is 1. The van der Waals surface area contributed by atoms with Crippen LogP contribution in [-0.4, -0.2) is 38.2 Å². The number of benzene rings is 1. The van der Waals surface area contributed by atoms with Crippen LogP contribution in [0.15, 0.2) is 53.3 Å². The molecule has 2 aromatic heterocycles. The maximum atomic E-state index is 12.1. The summed E-state index contributed by atoms with van der Waals surface area (Å²) in [6.45, 7) is 0.243. The van der Waals surface area contributed by atoms with Gasteiger partial charge in [-0.1, -0.05) is 17.3 Å². The summed E-state index contributed by atoms with van der Waals surface area (Å²) in [7, 11) is -0.957. The monoisotopic (exact) mass is 385 g/mol. The fourth-order valence-electron chi connectivity index (χ4n) is 2.46. The van der Waals surface area contributed by atoms with Gasteiger partial charge < -0.3 is 9.26 Å². The highest BCUT2D eigenvalue weighted by Crippen LogP contribution is 2.14. The Balaban J connectivity index is 1.47. The van der Waals surface area contributed by atoms with Crippen LogP contribution >= 0.6 is 0 Å². The molecule has 1 atom stereocenters. The zero-order chi connectivity index (χ0) is 19.1. The highest BCUT2D eigenvalue weighted by molar-refractivity contribution is 7.83. The van der Waals surface area contributed by atoms with Crippen molar-refractivity contribution in [2.75, 3.05) is 12.9 Å². The van der Waals surface area contributed by atoms with Gasteiger partial charge in [0.15, 0.2) is 0 Å². The van der Waals surface area contributed by atoms with Crippen molar-refractivity contribution in [2.45, 2.75) is 18.6 Å². The highest BCUT2D eigenvalue weighted by Gasteiger charge is 2.11. The number of hydrogen-bond donors (Lipinski definition) is 0. The fourth-order valence-corrected chi connectivity index (χ4v) is 3.11. The van der Waals surface area contributed by atoms with Gasteiger partial charge >= 0.3 is 5.97 Å². The molecule has 0 N–H and O–H groups in total. The van der Waals surface area contributed by atoms with Gasteiger partial charge in [-0.05, 0) is 36.2 Å². The lowest BCUT2D eigenvalue weighted by atomic mass is 10.1. The lowest BCUT2D eigenvalue weighted by Gasteiger charge is -2.05. The summed E-state index contributed by atoms with van der Waals surface area (Å²) < 4.78 is 21.8. The van der Waals surface area contributed by atoms with Crippen LogP contribution in [0.3, 0.4) is 0 Å². The molecule has 0 fully saturated rings. The smallest absolute Gasteiger partial charge is 0.338 e. The molecule has 27 heavy (non-hydrogen) atoms. The van der Waals surface area contributed by atoms with E-state index in [2.05, 4.69) is 15.1 Å². The van der Waals surface area contributed by atoms with Gasteiger partial charge in [-0.25, -0.2) is 4.79 Å². The molecule has 7 nitrogen and oxygen atoms in total. The summed E-state index contributed by atoms with van der Waals surface area (Å²) >= 11 is 0. The summed E-state index contributed by atoms with van der Waals surface area (Å²) in [4.78, 5) is 20.5. The number of aryl methyl sites for hydroxylation is 1. The van der Waals surface area contributed by atoms with Gasteiger partial charge in [0, 0.05) is 47.2 Å². The average Bonchev–Trinajstić information content (AvgIpc) is 3.14. The number of nitrogens with zero attached hydrogens (tertiary/aromatic N) is 3. The zero-order valence-electron chi connectivity index (χ0n) is 14.8. The number of ether oxygens (including phenoxy) is 1. The Morgan fingerprint density at radius 3 is 2.93 bits per heavy atom. The Kier molecular flexibility index (Phi) is 6.43. The van der Waals surface area contributed by atoms with Gasteiger partial charge in [-0.2, -0.15) is 4.98 Å². The van der Waals surface area contributed by atoms with Crippen molar-refractivity contribution in [1.82, 2.24) is 15.1 Å². The number of hydrogen-bond acceptors (Lipinski definition) is 7. The van der Waals surface area contributed by atoms with Crippen molar-refractivity contribution in [3.05, 3.63) is 65.8 Å². The summed E-state index contributed by atoms with van der Waals surface area (Å²) in [5.41, 5.74) is 2.08. The topological polar surface area (TPSA) is 95.2 Å². The van der Waals surface area contributed by atoms with Crippen molar-refractivity contribution in [1.29, 1.82) is 0 Å². The van der Waals surface area contributed by atoms with Crippen LogP contribution in [0.25, 0.3) is 11.4 Å². The number of carbonyl (C=O) groups excluding carboxylic acids is 1. The standard InChI is InChI=1S/C19H19N3O4S/c1-27(24)13-14-5-2-6-15(11-14)19(23)25-10-4-8-17-21-18(22-26-17)16-7-3-9-20-12-16/h2-3,5-7,9,11-12H,4,8,10,13H2,1H3. The third-order valence-electron chi connectivity index (χ3n) is 3.69. The molecule has 0 saturated carbocycles. The van der Waals surface area contributed by atoms with Crippen molar-refractivity contribution < 1.29 is 18.3 Å². The van der Waals surface area contributed by atoms with Gasteiger partial charge in [-0.15, -0.1) is 0 Å². The molecular weight excluding hydrogens is 366 g/mol. The van der Waals surface area contributed by atoms with E-state index in [1.807, 2.05) is 12.1 Å². The maximum Gasteiger partial charge on any atom is 0.338 e. The van der Waals surface area contributed by atoms with E-state index in [-0.39, 0.29) is 6.61 Å². The second kappa shape index (κ2) is 9.18. The minimum Gasteiger partial charge on any atom is -0.462 e. The molecule has 3 aromatic rings. The first-order valence-electron chi connectivity index (χ1n) is 8.41.